The van der Waals surface area contributed by atoms with Gasteiger partial charge < -0.3 is 29.7 Å². The molecule has 0 saturated carbocycles. The van der Waals surface area contributed by atoms with Gasteiger partial charge in [-0.3, -0.25) is 9.13 Å². The molecule has 30 heavy (non-hydrogen) atoms. The number of ether oxygens (including phenoxy) is 1. The summed E-state index contributed by atoms with van der Waals surface area (Å²) < 4.78 is 25.5. The van der Waals surface area contributed by atoms with Crippen molar-refractivity contribution in [2.75, 3.05) is 12.4 Å². The maximum Gasteiger partial charge on any atom is 0.331 e. The van der Waals surface area contributed by atoms with E-state index < -0.39 is 43.4 Å². The highest BCUT2D eigenvalue weighted by Gasteiger charge is 2.47. The predicted molar refractivity (Wildman–Crippen MR) is 110 cm³/mol. The molecule has 1 aliphatic heterocycles. The van der Waals surface area contributed by atoms with E-state index in [2.05, 4.69) is 20.3 Å². The lowest BCUT2D eigenvalue weighted by Crippen LogP contribution is -2.37. The second kappa shape index (κ2) is 8.49. The molecule has 168 valence electrons. The first-order valence-electron chi connectivity index (χ1n) is 9.91. The normalized spacial score (nSPS) is 27.9. The molecule has 4 unspecified atom stereocenters. The summed E-state index contributed by atoms with van der Waals surface area (Å²) in [6, 6.07) is 0. The zero-order valence-electron chi connectivity index (χ0n) is 17.8. The van der Waals surface area contributed by atoms with Gasteiger partial charge in [-0.2, -0.15) is 0 Å². The average molecular weight is 443 g/mol. The van der Waals surface area contributed by atoms with Crippen LogP contribution in [-0.2, 0) is 13.8 Å². The highest BCUT2D eigenvalue weighted by Crippen LogP contribution is 2.53. The second-order valence-electron chi connectivity index (χ2n) is 8.22. The van der Waals surface area contributed by atoms with Gasteiger partial charge in [-0.25, -0.2) is 15.0 Å². The van der Waals surface area contributed by atoms with E-state index in [-0.39, 0.29) is 6.42 Å². The van der Waals surface area contributed by atoms with Crippen molar-refractivity contribution in [3.05, 3.63) is 12.7 Å². The quantitative estimate of drug-likeness (QED) is 0.443. The number of aromatic nitrogens is 4. The Morgan fingerprint density at radius 2 is 2.03 bits per heavy atom. The van der Waals surface area contributed by atoms with E-state index in [9.17, 15) is 19.7 Å². The van der Waals surface area contributed by atoms with Crippen LogP contribution in [0.5, 0.6) is 0 Å². The topological polar surface area (TPSA) is 152 Å². The third kappa shape index (κ3) is 4.37. The molecule has 4 N–H and O–H groups in total. The Morgan fingerprint density at radius 3 is 2.67 bits per heavy atom. The Bertz CT molecular complexity index is 937. The molecule has 1 aliphatic rings. The standard InChI is InChI=1S/C18H30N5O6P/c1-6-10(2)30(26,27)29-18(3,4)7-11-13(24)14(25)17(28-11)23-9-22-12-15(19-5)20-8-21-16(12)23/h8-11,13-14,17,24-25H,6-7H2,1-5H3,(H,26,27)(H,19,20,21)/t10?,11?,13-,14-,17?/m1/s1. The van der Waals surface area contributed by atoms with Crippen LogP contribution in [0.15, 0.2) is 12.7 Å². The number of aliphatic hydroxyl groups excluding tert-OH is 2. The van der Waals surface area contributed by atoms with Gasteiger partial charge in [0.15, 0.2) is 17.7 Å². The molecule has 3 rings (SSSR count). The minimum atomic E-state index is -3.84. The summed E-state index contributed by atoms with van der Waals surface area (Å²) in [5.74, 6) is 0.529. The molecular weight excluding hydrogens is 413 g/mol. The number of aliphatic hydroxyl groups is 2. The van der Waals surface area contributed by atoms with Crippen LogP contribution in [0, 0.1) is 0 Å². The minimum Gasteiger partial charge on any atom is -0.388 e. The van der Waals surface area contributed by atoms with Gasteiger partial charge in [0.1, 0.15) is 24.1 Å². The van der Waals surface area contributed by atoms with Crippen LogP contribution in [0.25, 0.3) is 11.2 Å². The zero-order chi connectivity index (χ0) is 22.3. The number of hydrogen-bond donors (Lipinski definition) is 4. The number of nitrogens with zero attached hydrogens (tertiary/aromatic N) is 4. The number of anilines is 1. The van der Waals surface area contributed by atoms with E-state index >= 15 is 0 Å². The van der Waals surface area contributed by atoms with Gasteiger partial charge in [0, 0.05) is 13.5 Å². The third-order valence-electron chi connectivity index (χ3n) is 5.43. The zero-order valence-corrected chi connectivity index (χ0v) is 18.7. The largest absolute Gasteiger partial charge is 0.388 e. The van der Waals surface area contributed by atoms with E-state index in [1.165, 1.54) is 17.2 Å². The molecule has 0 amide bonds. The van der Waals surface area contributed by atoms with Crippen molar-refractivity contribution in [2.45, 2.75) is 76.3 Å². The Hall–Kier alpha value is -1.62. The van der Waals surface area contributed by atoms with E-state index in [4.69, 9.17) is 9.26 Å². The SMILES string of the molecule is CCC(C)P(=O)(O)OC(C)(C)CC1OC(n2cnc3c(NC)ncnc32)[C@H](O)[C@@H]1O. The Morgan fingerprint density at radius 1 is 1.33 bits per heavy atom. The van der Waals surface area contributed by atoms with Gasteiger partial charge in [-0.05, 0) is 20.3 Å². The van der Waals surface area contributed by atoms with Crippen molar-refractivity contribution in [3.8, 4) is 0 Å². The molecule has 6 atom stereocenters. The molecule has 1 saturated heterocycles. The summed E-state index contributed by atoms with van der Waals surface area (Å²) in [7, 11) is -2.13. The molecule has 0 bridgehead atoms. The first kappa shape index (κ1) is 23.1. The molecule has 3 heterocycles. The van der Waals surface area contributed by atoms with Gasteiger partial charge >= 0.3 is 7.60 Å². The van der Waals surface area contributed by atoms with Gasteiger partial charge in [0.2, 0.25) is 0 Å². The minimum absolute atomic E-state index is 0.103. The highest BCUT2D eigenvalue weighted by atomic mass is 31.2. The monoisotopic (exact) mass is 443 g/mol. The molecule has 0 aromatic carbocycles. The van der Waals surface area contributed by atoms with E-state index in [1.54, 1.807) is 27.8 Å². The summed E-state index contributed by atoms with van der Waals surface area (Å²) in [5, 5.41) is 24.1. The molecule has 0 radical (unpaired) electrons. The summed E-state index contributed by atoms with van der Waals surface area (Å²) in [5.41, 5.74) is -0.625. The van der Waals surface area contributed by atoms with Crippen LogP contribution in [0.1, 0.15) is 46.8 Å². The van der Waals surface area contributed by atoms with E-state index in [1.807, 2.05) is 6.92 Å². The number of imidazole rings is 1. The number of fused-ring (bicyclic) bond motifs is 1. The van der Waals surface area contributed by atoms with Crippen LogP contribution < -0.4 is 5.32 Å². The lowest BCUT2D eigenvalue weighted by Gasteiger charge is -2.32. The summed E-state index contributed by atoms with van der Waals surface area (Å²) in [6.45, 7) is 6.79. The van der Waals surface area contributed by atoms with E-state index in [0.29, 0.717) is 23.4 Å². The van der Waals surface area contributed by atoms with Gasteiger partial charge in [-0.15, -0.1) is 0 Å². The summed E-state index contributed by atoms with van der Waals surface area (Å²) >= 11 is 0. The second-order valence-corrected chi connectivity index (χ2v) is 10.4. The van der Waals surface area contributed by atoms with Crippen molar-refractivity contribution >= 4 is 24.6 Å². The first-order chi connectivity index (χ1) is 14.0. The van der Waals surface area contributed by atoms with Crippen molar-refractivity contribution in [3.63, 3.8) is 0 Å². The van der Waals surface area contributed by atoms with Crippen LogP contribution in [0.2, 0.25) is 0 Å². The smallest absolute Gasteiger partial charge is 0.331 e. The van der Waals surface area contributed by atoms with Crippen molar-refractivity contribution in [1.29, 1.82) is 0 Å². The maximum absolute atomic E-state index is 12.5. The van der Waals surface area contributed by atoms with Gasteiger partial charge in [0.25, 0.3) is 0 Å². The highest BCUT2D eigenvalue weighted by molar-refractivity contribution is 7.53. The molecule has 0 spiro atoms. The molecule has 2 aromatic rings. The number of hydrogen-bond acceptors (Lipinski definition) is 9. The average Bonchev–Trinajstić information content (AvgIpc) is 3.22. The fourth-order valence-electron chi connectivity index (χ4n) is 3.55. The van der Waals surface area contributed by atoms with Crippen LogP contribution >= 0.6 is 7.60 Å². The fraction of sp³-hybridized carbons (Fsp3) is 0.722. The number of nitrogens with one attached hydrogen (secondary N) is 1. The first-order valence-corrected chi connectivity index (χ1v) is 11.6. The molecular formula is C18H30N5O6P. The fourth-order valence-corrected chi connectivity index (χ4v) is 4.97. The van der Waals surface area contributed by atoms with Crippen LogP contribution in [0.4, 0.5) is 5.82 Å². The van der Waals surface area contributed by atoms with Gasteiger partial charge in [0.05, 0.1) is 23.7 Å². The molecule has 11 nitrogen and oxygen atoms in total. The lowest BCUT2D eigenvalue weighted by molar-refractivity contribution is -0.0605. The van der Waals surface area contributed by atoms with Crippen molar-refractivity contribution in [1.82, 2.24) is 19.5 Å². The molecule has 12 heteroatoms. The Labute approximate surface area is 175 Å². The Kier molecular flexibility index (Phi) is 6.52. The Balaban J connectivity index is 1.80. The van der Waals surface area contributed by atoms with Crippen LogP contribution in [-0.4, -0.2) is 71.2 Å². The predicted octanol–water partition coefficient (Wildman–Crippen LogP) is 1.66. The van der Waals surface area contributed by atoms with E-state index in [0.717, 1.165) is 0 Å². The van der Waals surface area contributed by atoms with Crippen molar-refractivity contribution in [2.24, 2.45) is 0 Å². The third-order valence-corrected chi connectivity index (χ3v) is 7.66. The number of rotatable bonds is 8. The summed E-state index contributed by atoms with van der Waals surface area (Å²) in [4.78, 5) is 22.8. The molecule has 0 aliphatic carbocycles. The molecule has 1 fully saturated rings. The summed E-state index contributed by atoms with van der Waals surface area (Å²) in [6.07, 6.45) is -0.777. The lowest BCUT2D eigenvalue weighted by atomic mass is 9.97. The van der Waals surface area contributed by atoms with Gasteiger partial charge in [-0.1, -0.05) is 13.8 Å². The maximum atomic E-state index is 12.5. The van der Waals surface area contributed by atoms with Crippen molar-refractivity contribution < 1.29 is 28.9 Å². The van der Waals surface area contributed by atoms with Crippen LogP contribution in [0.3, 0.4) is 0 Å². The molecule has 2 aromatic heterocycles.